The lowest BCUT2D eigenvalue weighted by molar-refractivity contribution is 0.597. The highest BCUT2D eigenvalue weighted by Crippen LogP contribution is 2.23. The second kappa shape index (κ2) is 2.09. The van der Waals surface area contributed by atoms with Crippen molar-refractivity contribution < 1.29 is 8.42 Å². The number of halogens is 1. The molecule has 0 amide bonds. The zero-order valence-electron chi connectivity index (χ0n) is 4.91. The van der Waals surface area contributed by atoms with Crippen LogP contribution in [0.1, 0.15) is 6.92 Å². The predicted molar refractivity (Wildman–Crippen MR) is 40.2 cm³/mol. The molecule has 0 bridgehead atoms. The molecule has 9 heavy (non-hydrogen) atoms. The van der Waals surface area contributed by atoms with Gasteiger partial charge in [-0.2, -0.15) is 0 Å². The molecule has 0 N–H and O–H groups in total. The van der Waals surface area contributed by atoms with Crippen molar-refractivity contribution in [3.63, 3.8) is 0 Å². The molecular weight excluding hydrogens is 204 g/mol. The van der Waals surface area contributed by atoms with Gasteiger partial charge in [0.15, 0.2) is 9.84 Å². The van der Waals surface area contributed by atoms with E-state index in [9.17, 15) is 8.42 Å². The zero-order chi connectivity index (χ0) is 7.07. The molecule has 0 radical (unpaired) electrons. The largest absolute Gasteiger partial charge is 0.224 e. The van der Waals surface area contributed by atoms with Crippen LogP contribution in [0.3, 0.4) is 0 Å². The molecule has 1 aliphatic rings. The van der Waals surface area contributed by atoms with Crippen molar-refractivity contribution in [2.45, 2.75) is 17.0 Å². The van der Waals surface area contributed by atoms with Crippen molar-refractivity contribution in [2.75, 3.05) is 0 Å². The molecule has 52 valence electrons. The minimum atomic E-state index is -2.90. The molecule has 0 aromatic rings. The average Bonchev–Trinajstić information content (AvgIpc) is 1.97. The summed E-state index contributed by atoms with van der Waals surface area (Å²) in [7, 11) is -2.90. The van der Waals surface area contributed by atoms with Crippen molar-refractivity contribution in [3.8, 4) is 0 Å². The van der Waals surface area contributed by atoms with Crippen LogP contribution in [0.4, 0.5) is 0 Å². The molecule has 0 spiro atoms. The number of rotatable bonds is 0. The summed E-state index contributed by atoms with van der Waals surface area (Å²) in [6, 6.07) is 0. The molecule has 4 heteroatoms. The van der Waals surface area contributed by atoms with E-state index in [2.05, 4.69) is 15.9 Å². The van der Waals surface area contributed by atoms with E-state index >= 15 is 0 Å². The van der Waals surface area contributed by atoms with Gasteiger partial charge in [0.2, 0.25) is 0 Å². The van der Waals surface area contributed by atoms with Gasteiger partial charge in [0.1, 0.15) is 0 Å². The predicted octanol–water partition coefficient (Wildman–Crippen LogP) is 1.08. The van der Waals surface area contributed by atoms with Gasteiger partial charge in [-0.15, -0.1) is 0 Å². The van der Waals surface area contributed by atoms with Gasteiger partial charge in [-0.05, 0) is 6.92 Å². The summed E-state index contributed by atoms with van der Waals surface area (Å²) in [4.78, 5) is 0.00231. The minimum Gasteiger partial charge on any atom is -0.224 e. The Labute approximate surface area is 63.0 Å². The van der Waals surface area contributed by atoms with E-state index in [1.807, 2.05) is 0 Å². The molecular formula is C5H7BrO2S. The van der Waals surface area contributed by atoms with Crippen LogP contribution in [0.15, 0.2) is 11.5 Å². The second-order valence-corrected chi connectivity index (χ2v) is 5.32. The fourth-order valence-corrected chi connectivity index (χ4v) is 2.99. The van der Waals surface area contributed by atoms with Crippen molar-refractivity contribution in [2.24, 2.45) is 0 Å². The molecule has 1 aliphatic heterocycles. The van der Waals surface area contributed by atoms with E-state index in [0.29, 0.717) is 0 Å². The molecule has 0 saturated heterocycles. The Morgan fingerprint density at radius 2 is 2.11 bits per heavy atom. The van der Waals surface area contributed by atoms with Gasteiger partial charge >= 0.3 is 0 Å². The standard InChI is InChI=1S/C5H7BrO2S/c1-4-5(6)2-3-9(4,7)8/h2-5H,1H3. The van der Waals surface area contributed by atoms with Crippen molar-refractivity contribution in [3.05, 3.63) is 11.5 Å². The Balaban J connectivity index is 3.01. The van der Waals surface area contributed by atoms with Crippen LogP contribution in [0.25, 0.3) is 0 Å². The van der Waals surface area contributed by atoms with E-state index in [0.717, 1.165) is 0 Å². The molecule has 2 nitrogen and oxygen atoms in total. The highest BCUT2D eigenvalue weighted by molar-refractivity contribution is 9.09. The van der Waals surface area contributed by atoms with Crippen LogP contribution in [0.5, 0.6) is 0 Å². The van der Waals surface area contributed by atoms with Crippen LogP contribution >= 0.6 is 15.9 Å². The van der Waals surface area contributed by atoms with Gasteiger partial charge in [-0.1, -0.05) is 22.0 Å². The maximum Gasteiger partial charge on any atom is 0.175 e. The van der Waals surface area contributed by atoms with Crippen LogP contribution in [-0.4, -0.2) is 18.5 Å². The van der Waals surface area contributed by atoms with Gasteiger partial charge in [-0.25, -0.2) is 8.42 Å². The zero-order valence-corrected chi connectivity index (χ0v) is 7.31. The Hall–Kier alpha value is 0.170. The van der Waals surface area contributed by atoms with Crippen molar-refractivity contribution in [1.82, 2.24) is 0 Å². The number of alkyl halides is 1. The lowest BCUT2D eigenvalue weighted by atomic mass is 10.3. The number of allylic oxidation sites excluding steroid dienone is 1. The SMILES string of the molecule is CC1C(Br)C=CS1(=O)=O. The average molecular weight is 211 g/mol. The van der Waals surface area contributed by atoms with Crippen LogP contribution in [0, 0.1) is 0 Å². The second-order valence-electron chi connectivity index (χ2n) is 2.07. The van der Waals surface area contributed by atoms with E-state index in [4.69, 9.17) is 0 Å². The van der Waals surface area contributed by atoms with E-state index in [-0.39, 0.29) is 10.1 Å². The lowest BCUT2D eigenvalue weighted by Crippen LogP contribution is -2.17. The molecule has 0 aliphatic carbocycles. The van der Waals surface area contributed by atoms with Crippen molar-refractivity contribution >= 4 is 25.8 Å². The van der Waals surface area contributed by atoms with Gasteiger partial charge in [-0.3, -0.25) is 0 Å². The fraction of sp³-hybridized carbons (Fsp3) is 0.600. The molecule has 0 saturated carbocycles. The lowest BCUT2D eigenvalue weighted by Gasteiger charge is -2.03. The summed E-state index contributed by atoms with van der Waals surface area (Å²) in [5.74, 6) is 0. The summed E-state index contributed by atoms with van der Waals surface area (Å²) in [5.41, 5.74) is 0. The summed E-state index contributed by atoms with van der Waals surface area (Å²) in [6.07, 6.45) is 1.65. The first-order valence-corrected chi connectivity index (χ1v) is 5.13. The first kappa shape index (κ1) is 7.28. The Morgan fingerprint density at radius 3 is 2.22 bits per heavy atom. The molecule has 1 heterocycles. The number of hydrogen-bond donors (Lipinski definition) is 0. The fourth-order valence-electron chi connectivity index (χ4n) is 0.646. The monoisotopic (exact) mass is 210 g/mol. The van der Waals surface area contributed by atoms with Gasteiger partial charge in [0.25, 0.3) is 0 Å². The van der Waals surface area contributed by atoms with E-state index in [1.165, 1.54) is 5.41 Å². The highest BCUT2D eigenvalue weighted by Gasteiger charge is 2.29. The third-order valence-electron chi connectivity index (χ3n) is 1.42. The van der Waals surface area contributed by atoms with Gasteiger partial charge in [0, 0.05) is 5.41 Å². The molecule has 0 aromatic carbocycles. The Morgan fingerprint density at radius 1 is 1.56 bits per heavy atom. The summed E-state index contributed by atoms with van der Waals surface area (Å²) in [5, 5.41) is 0.967. The van der Waals surface area contributed by atoms with Gasteiger partial charge < -0.3 is 0 Å². The topological polar surface area (TPSA) is 34.1 Å². The first-order valence-electron chi connectivity index (χ1n) is 2.60. The molecule has 1 rings (SSSR count). The van der Waals surface area contributed by atoms with Crippen LogP contribution < -0.4 is 0 Å². The maximum absolute atomic E-state index is 10.9. The highest BCUT2D eigenvalue weighted by atomic mass is 79.9. The normalized spacial score (nSPS) is 39.3. The van der Waals surface area contributed by atoms with Crippen LogP contribution in [-0.2, 0) is 9.84 Å². The molecule has 2 unspecified atom stereocenters. The Kier molecular flexibility index (Phi) is 1.69. The van der Waals surface area contributed by atoms with E-state index < -0.39 is 9.84 Å². The molecule has 0 aromatic heterocycles. The molecule has 0 fully saturated rings. The maximum atomic E-state index is 10.9. The minimum absolute atomic E-state index is 0.00231. The third kappa shape index (κ3) is 1.19. The number of sulfone groups is 1. The van der Waals surface area contributed by atoms with Gasteiger partial charge in [0.05, 0.1) is 10.1 Å². The summed E-state index contributed by atoms with van der Waals surface area (Å²) in [6.45, 7) is 1.69. The third-order valence-corrected chi connectivity index (χ3v) is 4.73. The number of hydrogen-bond acceptors (Lipinski definition) is 2. The summed E-state index contributed by atoms with van der Waals surface area (Å²) >= 11 is 3.21. The summed E-state index contributed by atoms with van der Waals surface area (Å²) < 4.78 is 21.7. The van der Waals surface area contributed by atoms with E-state index in [1.54, 1.807) is 13.0 Å². The molecule has 2 atom stereocenters. The first-order chi connectivity index (χ1) is 4.04. The Bertz CT molecular complexity index is 229. The van der Waals surface area contributed by atoms with Crippen LogP contribution in [0.2, 0.25) is 0 Å². The quantitative estimate of drug-likeness (QED) is 0.562. The van der Waals surface area contributed by atoms with Crippen molar-refractivity contribution in [1.29, 1.82) is 0 Å². The smallest absolute Gasteiger partial charge is 0.175 e.